The zero-order valence-corrected chi connectivity index (χ0v) is 12.0. The molecule has 1 rings (SSSR count). The highest BCUT2D eigenvalue weighted by Crippen LogP contribution is 2.16. The molecule has 4 nitrogen and oxygen atoms in total. The summed E-state index contributed by atoms with van der Waals surface area (Å²) >= 11 is 0. The van der Waals surface area contributed by atoms with Crippen LogP contribution in [0.3, 0.4) is 0 Å². The van der Waals surface area contributed by atoms with Crippen LogP contribution in [0.5, 0.6) is 0 Å². The van der Waals surface area contributed by atoms with Crippen molar-refractivity contribution in [2.45, 2.75) is 45.4 Å². The van der Waals surface area contributed by atoms with Crippen LogP contribution >= 0.6 is 0 Å². The predicted molar refractivity (Wildman–Crippen MR) is 79.8 cm³/mol. The Hall–Kier alpha value is -1.84. The Morgan fingerprint density at radius 3 is 2.35 bits per heavy atom. The van der Waals surface area contributed by atoms with Crippen molar-refractivity contribution in [3.8, 4) is 0 Å². The Labute approximate surface area is 120 Å². The lowest BCUT2D eigenvalue weighted by molar-refractivity contribution is -0.137. The molecule has 0 saturated heterocycles. The summed E-state index contributed by atoms with van der Waals surface area (Å²) in [6.07, 6.45) is 4.10. The zero-order chi connectivity index (χ0) is 14.8. The molecule has 0 saturated carbocycles. The number of unbranched alkanes of at least 4 members (excludes halogenated alkanes) is 2. The van der Waals surface area contributed by atoms with Crippen LogP contribution < -0.4 is 4.90 Å². The minimum absolute atomic E-state index is 0.0787. The minimum atomic E-state index is -0.823. The Bertz CT molecular complexity index is 417. The van der Waals surface area contributed by atoms with Crippen molar-refractivity contribution in [1.82, 2.24) is 0 Å². The molecule has 1 N–H and O–H groups in total. The van der Waals surface area contributed by atoms with E-state index in [9.17, 15) is 9.59 Å². The molecule has 4 heteroatoms. The number of benzene rings is 1. The molecule has 0 aliphatic rings. The van der Waals surface area contributed by atoms with E-state index < -0.39 is 5.97 Å². The lowest BCUT2D eigenvalue weighted by atomic mass is 10.1. The fourth-order valence-corrected chi connectivity index (χ4v) is 2.06. The molecule has 0 aliphatic carbocycles. The first-order chi connectivity index (χ1) is 9.65. The third-order valence-electron chi connectivity index (χ3n) is 3.14. The van der Waals surface area contributed by atoms with Gasteiger partial charge in [-0.05, 0) is 25.0 Å². The normalized spacial score (nSPS) is 10.2. The zero-order valence-electron chi connectivity index (χ0n) is 12.0. The van der Waals surface area contributed by atoms with E-state index in [1.165, 1.54) is 0 Å². The van der Waals surface area contributed by atoms with Gasteiger partial charge in [0.1, 0.15) is 0 Å². The van der Waals surface area contributed by atoms with Gasteiger partial charge in [0, 0.05) is 25.1 Å². The van der Waals surface area contributed by atoms with Gasteiger partial charge in [0.15, 0.2) is 0 Å². The highest BCUT2D eigenvalue weighted by Gasteiger charge is 2.15. The van der Waals surface area contributed by atoms with Crippen LogP contribution in [0.4, 0.5) is 5.69 Å². The van der Waals surface area contributed by atoms with E-state index in [1.54, 1.807) is 4.90 Å². The summed E-state index contributed by atoms with van der Waals surface area (Å²) in [5.41, 5.74) is 0.847. The molecule has 0 radical (unpaired) electrons. The second-order valence-electron chi connectivity index (χ2n) is 4.84. The summed E-state index contributed by atoms with van der Waals surface area (Å²) in [4.78, 5) is 24.6. The van der Waals surface area contributed by atoms with Gasteiger partial charge >= 0.3 is 5.97 Å². The number of anilines is 1. The van der Waals surface area contributed by atoms with E-state index in [2.05, 4.69) is 6.92 Å². The molecule has 110 valence electrons. The first kappa shape index (κ1) is 16.2. The van der Waals surface area contributed by atoms with Crippen molar-refractivity contribution >= 4 is 17.6 Å². The van der Waals surface area contributed by atoms with Crippen molar-refractivity contribution in [2.75, 3.05) is 11.4 Å². The number of aliphatic carboxylic acids is 1. The molecular weight excluding hydrogens is 254 g/mol. The number of carboxylic acids is 1. The molecule has 0 aromatic heterocycles. The molecular formula is C16H23NO3. The largest absolute Gasteiger partial charge is 0.481 e. The van der Waals surface area contributed by atoms with Crippen LogP contribution in [0.1, 0.15) is 45.4 Å². The maximum atomic E-state index is 12.3. The van der Waals surface area contributed by atoms with Gasteiger partial charge < -0.3 is 10.0 Å². The molecule has 1 amide bonds. The lowest BCUT2D eigenvalue weighted by Gasteiger charge is -2.22. The van der Waals surface area contributed by atoms with Gasteiger partial charge in [-0.2, -0.15) is 0 Å². The summed E-state index contributed by atoms with van der Waals surface area (Å²) in [5, 5.41) is 8.71. The Morgan fingerprint density at radius 2 is 1.75 bits per heavy atom. The van der Waals surface area contributed by atoms with Crippen molar-refractivity contribution in [2.24, 2.45) is 0 Å². The Balaban J connectivity index is 2.63. The van der Waals surface area contributed by atoms with Crippen LogP contribution in [0.25, 0.3) is 0 Å². The number of hydrogen-bond donors (Lipinski definition) is 1. The van der Waals surface area contributed by atoms with Crippen LogP contribution in [-0.2, 0) is 9.59 Å². The fraction of sp³-hybridized carbons (Fsp3) is 0.500. The second-order valence-corrected chi connectivity index (χ2v) is 4.84. The minimum Gasteiger partial charge on any atom is -0.481 e. The Morgan fingerprint density at radius 1 is 1.05 bits per heavy atom. The third-order valence-corrected chi connectivity index (χ3v) is 3.14. The maximum Gasteiger partial charge on any atom is 0.303 e. The van der Waals surface area contributed by atoms with E-state index in [0.29, 0.717) is 19.4 Å². The number of carbonyl (C=O) groups excluding carboxylic acids is 1. The van der Waals surface area contributed by atoms with Crippen LogP contribution in [0.15, 0.2) is 30.3 Å². The molecule has 20 heavy (non-hydrogen) atoms. The van der Waals surface area contributed by atoms with E-state index in [1.807, 2.05) is 30.3 Å². The number of nitrogens with zero attached hydrogens (tertiary/aromatic N) is 1. The molecule has 0 aliphatic heterocycles. The first-order valence-electron chi connectivity index (χ1n) is 7.22. The molecule has 0 bridgehead atoms. The summed E-state index contributed by atoms with van der Waals surface area (Å²) < 4.78 is 0. The summed E-state index contributed by atoms with van der Waals surface area (Å²) in [6.45, 7) is 2.56. The molecule has 1 aromatic carbocycles. The average Bonchev–Trinajstić information content (AvgIpc) is 2.44. The topological polar surface area (TPSA) is 57.6 Å². The van der Waals surface area contributed by atoms with Crippen molar-refractivity contribution in [3.05, 3.63) is 30.3 Å². The van der Waals surface area contributed by atoms with Gasteiger partial charge in [0.25, 0.3) is 0 Å². The van der Waals surface area contributed by atoms with Gasteiger partial charge in [-0.1, -0.05) is 38.0 Å². The average molecular weight is 277 g/mol. The quantitative estimate of drug-likeness (QED) is 0.703. The summed E-state index contributed by atoms with van der Waals surface area (Å²) in [6, 6.07) is 9.45. The predicted octanol–water partition coefficient (Wildman–Crippen LogP) is 3.46. The van der Waals surface area contributed by atoms with Gasteiger partial charge in [0.2, 0.25) is 5.91 Å². The van der Waals surface area contributed by atoms with E-state index in [0.717, 1.165) is 24.9 Å². The number of carbonyl (C=O) groups is 2. The number of carboxylic acid groups (broad SMARTS) is 1. The van der Waals surface area contributed by atoms with Crippen molar-refractivity contribution < 1.29 is 14.7 Å². The standard InChI is InChI=1S/C16H23NO3/c1-2-3-5-11-15(18)17(13-8-12-16(19)20)14-9-6-4-7-10-14/h4,6-7,9-10H,2-3,5,8,11-13H2,1H3,(H,19,20). The number of amides is 1. The molecule has 0 spiro atoms. The number of hydrogen-bond acceptors (Lipinski definition) is 2. The van der Waals surface area contributed by atoms with Crippen LogP contribution in [0, 0.1) is 0 Å². The molecule has 0 heterocycles. The van der Waals surface area contributed by atoms with Gasteiger partial charge in [0.05, 0.1) is 0 Å². The summed E-state index contributed by atoms with van der Waals surface area (Å²) in [7, 11) is 0. The third kappa shape index (κ3) is 5.87. The van der Waals surface area contributed by atoms with E-state index in [-0.39, 0.29) is 12.3 Å². The molecule has 1 aromatic rings. The molecule has 0 atom stereocenters. The highest BCUT2D eigenvalue weighted by molar-refractivity contribution is 5.93. The molecule has 0 fully saturated rings. The second kappa shape index (κ2) is 9.13. The lowest BCUT2D eigenvalue weighted by Crippen LogP contribution is -2.32. The first-order valence-corrected chi connectivity index (χ1v) is 7.22. The number of rotatable bonds is 9. The van der Waals surface area contributed by atoms with Gasteiger partial charge in [-0.15, -0.1) is 0 Å². The van der Waals surface area contributed by atoms with E-state index in [4.69, 9.17) is 5.11 Å². The van der Waals surface area contributed by atoms with Gasteiger partial charge in [-0.3, -0.25) is 9.59 Å². The highest BCUT2D eigenvalue weighted by atomic mass is 16.4. The monoisotopic (exact) mass is 277 g/mol. The van der Waals surface area contributed by atoms with Gasteiger partial charge in [-0.25, -0.2) is 0 Å². The van der Waals surface area contributed by atoms with Crippen LogP contribution in [-0.4, -0.2) is 23.5 Å². The molecule has 0 unspecified atom stereocenters. The fourth-order valence-electron chi connectivity index (χ4n) is 2.06. The maximum absolute atomic E-state index is 12.3. The smallest absolute Gasteiger partial charge is 0.303 e. The number of para-hydroxylation sites is 1. The van der Waals surface area contributed by atoms with Crippen molar-refractivity contribution in [3.63, 3.8) is 0 Å². The van der Waals surface area contributed by atoms with Crippen LogP contribution in [0.2, 0.25) is 0 Å². The van der Waals surface area contributed by atoms with Crippen molar-refractivity contribution in [1.29, 1.82) is 0 Å². The summed E-state index contributed by atoms with van der Waals surface area (Å²) in [5.74, 6) is -0.744. The SMILES string of the molecule is CCCCCC(=O)N(CCCC(=O)O)c1ccccc1. The van der Waals surface area contributed by atoms with E-state index >= 15 is 0 Å². The Kier molecular flexibility index (Phi) is 7.40.